The molecule has 0 aliphatic heterocycles. The first-order valence-corrected chi connectivity index (χ1v) is 6.26. The molecule has 1 aliphatic carbocycles. The third kappa shape index (κ3) is 5.36. The van der Waals surface area contributed by atoms with Gasteiger partial charge in [0.25, 0.3) is 0 Å². The van der Waals surface area contributed by atoms with Gasteiger partial charge in [0.1, 0.15) is 6.61 Å². The van der Waals surface area contributed by atoms with Crippen molar-refractivity contribution in [2.24, 2.45) is 17.1 Å². The van der Waals surface area contributed by atoms with Gasteiger partial charge in [-0.25, -0.2) is 0 Å². The Morgan fingerprint density at radius 2 is 2.00 bits per heavy atom. The third-order valence-electron chi connectivity index (χ3n) is 3.38. The van der Waals surface area contributed by atoms with Crippen LogP contribution in [0.25, 0.3) is 0 Å². The number of rotatable bonds is 8. The minimum Gasteiger partial charge on any atom is -0.469 e. The predicted octanol–water partition coefficient (Wildman–Crippen LogP) is 1.87. The third-order valence-corrected chi connectivity index (χ3v) is 3.38. The monoisotopic (exact) mass is 283 g/mol. The molecular formula is C12H20F3NO3. The number of carbonyl (C=O) groups excluding carboxylic acids is 1. The fourth-order valence-corrected chi connectivity index (χ4v) is 2.10. The number of carbonyl (C=O) groups is 1. The van der Waals surface area contributed by atoms with Crippen LogP contribution in [0.1, 0.15) is 25.7 Å². The maximum Gasteiger partial charge on any atom is 0.411 e. The molecule has 1 fully saturated rings. The van der Waals surface area contributed by atoms with Crippen molar-refractivity contribution in [2.45, 2.75) is 31.9 Å². The highest BCUT2D eigenvalue weighted by atomic mass is 19.4. The van der Waals surface area contributed by atoms with Crippen molar-refractivity contribution >= 4 is 5.97 Å². The molecule has 0 amide bonds. The van der Waals surface area contributed by atoms with Gasteiger partial charge in [0, 0.05) is 13.2 Å². The van der Waals surface area contributed by atoms with Gasteiger partial charge >= 0.3 is 12.1 Å². The van der Waals surface area contributed by atoms with Crippen LogP contribution in [-0.4, -0.2) is 39.0 Å². The fraction of sp³-hybridized carbons (Fsp3) is 0.917. The number of nitrogens with two attached hydrogens (primary N) is 1. The second-order valence-electron chi connectivity index (χ2n) is 5.04. The number of hydrogen-bond donors (Lipinski definition) is 1. The Labute approximate surface area is 110 Å². The quantitative estimate of drug-likeness (QED) is 0.545. The lowest BCUT2D eigenvalue weighted by atomic mass is 9.79. The molecular weight excluding hydrogens is 263 g/mol. The van der Waals surface area contributed by atoms with E-state index < -0.39 is 24.2 Å². The highest BCUT2D eigenvalue weighted by Crippen LogP contribution is 2.42. The normalized spacial score (nSPS) is 19.0. The van der Waals surface area contributed by atoms with E-state index in [9.17, 15) is 18.0 Å². The Morgan fingerprint density at radius 3 is 2.42 bits per heavy atom. The summed E-state index contributed by atoms with van der Waals surface area (Å²) in [6, 6.07) is 0. The van der Waals surface area contributed by atoms with E-state index in [0.717, 1.165) is 12.8 Å². The molecule has 0 radical (unpaired) electrons. The second kappa shape index (κ2) is 6.56. The molecule has 19 heavy (non-hydrogen) atoms. The van der Waals surface area contributed by atoms with Crippen LogP contribution in [0.3, 0.4) is 0 Å². The number of methoxy groups -OCH3 is 1. The molecule has 0 spiro atoms. The van der Waals surface area contributed by atoms with Gasteiger partial charge in [0.2, 0.25) is 0 Å². The number of esters is 1. The van der Waals surface area contributed by atoms with Gasteiger partial charge in [-0.2, -0.15) is 13.2 Å². The van der Waals surface area contributed by atoms with E-state index >= 15 is 0 Å². The molecule has 7 heteroatoms. The lowest BCUT2D eigenvalue weighted by molar-refractivity contribution is -0.177. The summed E-state index contributed by atoms with van der Waals surface area (Å²) in [5, 5.41) is 0. The minimum absolute atomic E-state index is 0.0611. The maximum atomic E-state index is 12.0. The van der Waals surface area contributed by atoms with Crippen molar-refractivity contribution in [3.05, 3.63) is 0 Å². The molecule has 1 atom stereocenters. The van der Waals surface area contributed by atoms with Crippen LogP contribution in [0.4, 0.5) is 13.2 Å². The van der Waals surface area contributed by atoms with Crippen molar-refractivity contribution < 1.29 is 27.4 Å². The maximum absolute atomic E-state index is 12.0. The van der Waals surface area contributed by atoms with E-state index in [0.29, 0.717) is 12.3 Å². The number of halogens is 3. The SMILES string of the molecule is COC(=O)C(CN)(CCOCC(F)(F)F)CC1CC1. The smallest absolute Gasteiger partial charge is 0.411 e. The first-order chi connectivity index (χ1) is 8.83. The summed E-state index contributed by atoms with van der Waals surface area (Å²) >= 11 is 0. The Morgan fingerprint density at radius 1 is 1.37 bits per heavy atom. The lowest BCUT2D eigenvalue weighted by Crippen LogP contribution is -2.41. The van der Waals surface area contributed by atoms with E-state index in [1.54, 1.807) is 0 Å². The van der Waals surface area contributed by atoms with E-state index in [-0.39, 0.29) is 19.6 Å². The molecule has 0 saturated heterocycles. The molecule has 0 bridgehead atoms. The molecule has 1 rings (SSSR count). The molecule has 4 nitrogen and oxygen atoms in total. The van der Waals surface area contributed by atoms with Crippen LogP contribution in [0.2, 0.25) is 0 Å². The topological polar surface area (TPSA) is 61.5 Å². The summed E-state index contributed by atoms with van der Waals surface area (Å²) in [5.74, 6) is -0.0391. The van der Waals surface area contributed by atoms with Crippen molar-refractivity contribution in [1.82, 2.24) is 0 Å². The van der Waals surface area contributed by atoms with E-state index in [2.05, 4.69) is 4.74 Å². The Kier molecular flexibility index (Phi) is 5.61. The van der Waals surface area contributed by atoms with Crippen LogP contribution < -0.4 is 5.73 Å². The largest absolute Gasteiger partial charge is 0.469 e. The first kappa shape index (κ1) is 16.2. The molecule has 0 aromatic heterocycles. The number of hydrogen-bond acceptors (Lipinski definition) is 4. The minimum atomic E-state index is -4.35. The Hall–Kier alpha value is -0.820. The zero-order chi connectivity index (χ0) is 14.5. The molecule has 1 aliphatic rings. The van der Waals surface area contributed by atoms with Crippen molar-refractivity contribution in [1.29, 1.82) is 0 Å². The van der Waals surface area contributed by atoms with Crippen LogP contribution in [0.5, 0.6) is 0 Å². The van der Waals surface area contributed by atoms with Crippen molar-refractivity contribution in [2.75, 3.05) is 26.9 Å². The molecule has 1 unspecified atom stereocenters. The Balaban J connectivity index is 2.50. The van der Waals surface area contributed by atoms with Crippen LogP contribution in [0.15, 0.2) is 0 Å². The summed E-state index contributed by atoms with van der Waals surface area (Å²) in [6.07, 6.45) is -1.58. The second-order valence-corrected chi connectivity index (χ2v) is 5.04. The summed E-state index contributed by atoms with van der Waals surface area (Å²) in [5.41, 5.74) is 4.73. The summed E-state index contributed by atoms with van der Waals surface area (Å²) in [7, 11) is 1.26. The first-order valence-electron chi connectivity index (χ1n) is 6.26. The van der Waals surface area contributed by atoms with Gasteiger partial charge in [0.05, 0.1) is 12.5 Å². The van der Waals surface area contributed by atoms with Gasteiger partial charge in [0.15, 0.2) is 0 Å². The number of ether oxygens (including phenoxy) is 2. The fourth-order valence-electron chi connectivity index (χ4n) is 2.10. The van der Waals surface area contributed by atoms with Gasteiger partial charge in [-0.3, -0.25) is 4.79 Å². The highest BCUT2D eigenvalue weighted by Gasteiger charge is 2.43. The average Bonchev–Trinajstić information content (AvgIpc) is 3.14. The van der Waals surface area contributed by atoms with Crippen molar-refractivity contribution in [3.63, 3.8) is 0 Å². The molecule has 1 saturated carbocycles. The zero-order valence-electron chi connectivity index (χ0n) is 11.0. The van der Waals surface area contributed by atoms with Gasteiger partial charge in [-0.1, -0.05) is 12.8 Å². The average molecular weight is 283 g/mol. The van der Waals surface area contributed by atoms with E-state index in [1.165, 1.54) is 7.11 Å². The summed E-state index contributed by atoms with van der Waals surface area (Å²) in [6.45, 7) is -1.40. The molecule has 0 heterocycles. The Bertz CT molecular complexity index is 305. The van der Waals surface area contributed by atoms with Crippen LogP contribution in [0, 0.1) is 11.3 Å². The predicted molar refractivity (Wildman–Crippen MR) is 62.3 cm³/mol. The van der Waals surface area contributed by atoms with Gasteiger partial charge < -0.3 is 15.2 Å². The van der Waals surface area contributed by atoms with Crippen molar-refractivity contribution in [3.8, 4) is 0 Å². The van der Waals surface area contributed by atoms with Gasteiger partial charge in [-0.15, -0.1) is 0 Å². The van der Waals surface area contributed by atoms with E-state index in [4.69, 9.17) is 10.5 Å². The highest BCUT2D eigenvalue weighted by molar-refractivity contribution is 5.77. The van der Waals surface area contributed by atoms with E-state index in [1.807, 2.05) is 0 Å². The lowest BCUT2D eigenvalue weighted by Gasteiger charge is -2.29. The van der Waals surface area contributed by atoms with Crippen LogP contribution in [-0.2, 0) is 14.3 Å². The summed E-state index contributed by atoms with van der Waals surface area (Å²) in [4.78, 5) is 11.8. The number of alkyl halides is 3. The van der Waals surface area contributed by atoms with Gasteiger partial charge in [-0.05, 0) is 18.8 Å². The molecule has 0 aromatic carbocycles. The zero-order valence-corrected chi connectivity index (χ0v) is 11.0. The molecule has 0 aromatic rings. The summed E-state index contributed by atoms with van der Waals surface area (Å²) < 4.78 is 45.2. The standard InChI is InChI=1S/C12H20F3NO3/c1-18-10(17)11(7-16,6-9-2-3-9)4-5-19-8-12(13,14)15/h9H,2-8,16H2,1H3. The molecule has 112 valence electrons. The van der Waals surface area contributed by atoms with Crippen LogP contribution >= 0.6 is 0 Å². The molecule has 2 N–H and O–H groups in total.